The van der Waals surface area contributed by atoms with E-state index >= 15 is 0 Å². The fraction of sp³-hybridized carbons (Fsp3) is 0.500. The Morgan fingerprint density at radius 2 is 2.38 bits per heavy atom. The Bertz CT molecular complexity index is 57.2. The number of ether oxygens (including phenoxy) is 1. The van der Waals surface area contributed by atoms with E-state index in [2.05, 4.69) is 11.7 Å². The molecule has 4 heteroatoms. The molecule has 0 aromatic rings. The molecular formula is C4H6O3U. The smallest absolute Gasteiger partial charge is 0.672 e. The van der Waals surface area contributed by atoms with Gasteiger partial charge in [-0.25, -0.2) is 0 Å². The Hall–Kier alpha value is 0.482. The van der Waals surface area contributed by atoms with Crippen molar-refractivity contribution in [3.63, 3.8) is 0 Å². The Morgan fingerprint density at radius 3 is 2.50 bits per heavy atom. The third-order valence-corrected chi connectivity index (χ3v) is 0.418. The number of carbonyl (C=O) groups excluding carboxylic acids is 1. The number of aliphatic hydroxyl groups is 1. The van der Waals surface area contributed by atoms with Crippen molar-refractivity contribution in [3.8, 4) is 0 Å². The van der Waals surface area contributed by atoms with Crippen molar-refractivity contribution in [2.24, 2.45) is 0 Å². The fourth-order valence-corrected chi connectivity index (χ4v) is 0.105. The molecule has 0 spiro atoms. The largest absolute Gasteiger partial charge is 2.00 e. The van der Waals surface area contributed by atoms with E-state index in [1.165, 1.54) is 0 Å². The molecule has 0 aromatic carbocycles. The van der Waals surface area contributed by atoms with Crippen molar-refractivity contribution >= 4 is 6.47 Å². The number of aliphatic hydroxyl groups excluding tert-OH is 1. The fourth-order valence-electron chi connectivity index (χ4n) is 0.105. The average molecular weight is 340 g/mol. The summed E-state index contributed by atoms with van der Waals surface area (Å²) in [6.45, 7) is 4.10. The van der Waals surface area contributed by atoms with Crippen LogP contribution in [0.3, 0.4) is 0 Å². The van der Waals surface area contributed by atoms with E-state index in [9.17, 15) is 4.79 Å². The Kier molecular flexibility index (Phi) is 10.6. The van der Waals surface area contributed by atoms with Crippen molar-refractivity contribution in [1.29, 1.82) is 0 Å². The van der Waals surface area contributed by atoms with Crippen LogP contribution in [0.4, 0.5) is 0 Å². The Labute approximate surface area is 71.8 Å². The van der Waals surface area contributed by atoms with Crippen LogP contribution in [0.2, 0.25) is 0 Å². The van der Waals surface area contributed by atoms with Gasteiger partial charge in [-0.1, -0.05) is 6.47 Å². The van der Waals surface area contributed by atoms with Gasteiger partial charge < -0.3 is 21.6 Å². The van der Waals surface area contributed by atoms with Crippen LogP contribution >= 0.6 is 0 Å². The van der Waals surface area contributed by atoms with E-state index in [4.69, 9.17) is 5.11 Å². The summed E-state index contributed by atoms with van der Waals surface area (Å²) in [5.74, 6) is 0. The molecule has 1 atom stereocenters. The van der Waals surface area contributed by atoms with Gasteiger partial charge in [0.1, 0.15) is 0 Å². The molecule has 0 fully saturated rings. The second kappa shape index (κ2) is 7.48. The molecular weight excluding hydrogens is 334 g/mol. The third kappa shape index (κ3) is 6.48. The molecule has 0 amide bonds. The summed E-state index contributed by atoms with van der Waals surface area (Å²) in [4.78, 5) is 9.28. The molecule has 0 rings (SSSR count). The number of hydrogen-bond donors (Lipinski definition) is 1. The molecule has 0 radical (unpaired) electrons. The topological polar surface area (TPSA) is 46.5 Å². The quantitative estimate of drug-likeness (QED) is 0.689. The van der Waals surface area contributed by atoms with E-state index in [0.717, 1.165) is 6.47 Å². The van der Waals surface area contributed by atoms with Crippen LogP contribution in [0.15, 0.2) is 0 Å². The predicted octanol–water partition coefficient (Wildman–Crippen LogP) is -0.735. The first-order valence-corrected chi connectivity index (χ1v) is 1.78. The first-order valence-electron chi connectivity index (χ1n) is 1.78. The van der Waals surface area contributed by atoms with Crippen molar-refractivity contribution in [2.75, 3.05) is 6.61 Å². The van der Waals surface area contributed by atoms with E-state index in [-0.39, 0.29) is 37.7 Å². The van der Waals surface area contributed by atoms with Crippen LogP contribution in [0, 0.1) is 38.0 Å². The molecule has 8 heavy (non-hydrogen) atoms. The SMILES string of the molecule is [CH2-]C(CO)O[C-]=O.[U+2]. The zero-order chi connectivity index (χ0) is 5.70. The zero-order valence-electron chi connectivity index (χ0n) is 4.26. The average Bonchev–Trinajstić information content (AvgIpc) is 1.68. The maximum Gasteiger partial charge on any atom is 2.00 e. The third-order valence-electron chi connectivity index (χ3n) is 0.418. The van der Waals surface area contributed by atoms with Gasteiger partial charge in [0, 0.05) is 6.61 Å². The maximum absolute atomic E-state index is 9.28. The summed E-state index contributed by atoms with van der Waals surface area (Å²) in [5, 5.41) is 8.10. The summed E-state index contributed by atoms with van der Waals surface area (Å²) in [7, 11) is 0. The number of rotatable bonds is 3. The van der Waals surface area contributed by atoms with Crippen molar-refractivity contribution < 1.29 is 45.8 Å². The minimum Gasteiger partial charge on any atom is -0.672 e. The van der Waals surface area contributed by atoms with Crippen molar-refractivity contribution in [1.82, 2.24) is 0 Å². The minimum absolute atomic E-state index is 0. The summed E-state index contributed by atoms with van der Waals surface area (Å²) >= 11 is 0. The van der Waals surface area contributed by atoms with Gasteiger partial charge in [-0.05, 0) is 6.10 Å². The van der Waals surface area contributed by atoms with Crippen LogP contribution in [0.1, 0.15) is 0 Å². The van der Waals surface area contributed by atoms with Crippen molar-refractivity contribution in [2.45, 2.75) is 6.10 Å². The molecule has 0 saturated carbocycles. The Morgan fingerprint density at radius 1 is 1.88 bits per heavy atom. The molecule has 0 aliphatic heterocycles. The van der Waals surface area contributed by atoms with E-state index in [0.29, 0.717) is 0 Å². The molecule has 1 N–H and O–H groups in total. The van der Waals surface area contributed by atoms with Gasteiger partial charge in [0.15, 0.2) is 0 Å². The van der Waals surface area contributed by atoms with Gasteiger partial charge in [0.2, 0.25) is 0 Å². The van der Waals surface area contributed by atoms with Gasteiger partial charge in [-0.15, -0.1) is 0 Å². The Balaban J connectivity index is 0. The van der Waals surface area contributed by atoms with Crippen LogP contribution in [0.25, 0.3) is 0 Å². The molecule has 0 aliphatic rings. The van der Waals surface area contributed by atoms with E-state index in [1.807, 2.05) is 0 Å². The molecule has 0 aromatic heterocycles. The van der Waals surface area contributed by atoms with Gasteiger partial charge in [0.05, 0.1) is 0 Å². The predicted molar refractivity (Wildman–Crippen MR) is 23.0 cm³/mol. The minimum atomic E-state index is -0.669. The van der Waals surface area contributed by atoms with Crippen molar-refractivity contribution in [3.05, 3.63) is 6.92 Å². The van der Waals surface area contributed by atoms with Gasteiger partial charge in [-0.2, -0.15) is 0 Å². The van der Waals surface area contributed by atoms with Gasteiger partial charge in [-0.3, -0.25) is 0 Å². The van der Waals surface area contributed by atoms with Gasteiger partial charge in [0.25, 0.3) is 0 Å². The number of hydrogen-bond acceptors (Lipinski definition) is 3. The van der Waals surface area contributed by atoms with Crippen LogP contribution < -0.4 is 0 Å². The summed E-state index contributed by atoms with van der Waals surface area (Å²) in [6.07, 6.45) is -0.669. The van der Waals surface area contributed by atoms with E-state index < -0.39 is 6.10 Å². The first kappa shape index (κ1) is 11.3. The standard InChI is InChI=1S/C4H6O3.U/c1-4(2-5)7-3-6;/h4-5H,1-2H2;/q-2;+2. The van der Waals surface area contributed by atoms with Crippen LogP contribution in [-0.4, -0.2) is 24.3 Å². The molecule has 0 saturated heterocycles. The van der Waals surface area contributed by atoms with Crippen LogP contribution in [-0.2, 0) is 9.53 Å². The summed E-state index contributed by atoms with van der Waals surface area (Å²) in [5.41, 5.74) is 0. The molecule has 1 unspecified atom stereocenters. The van der Waals surface area contributed by atoms with Gasteiger partial charge >= 0.3 is 31.1 Å². The molecule has 0 bridgehead atoms. The molecule has 0 aliphatic carbocycles. The molecule has 3 nitrogen and oxygen atoms in total. The van der Waals surface area contributed by atoms with E-state index in [1.54, 1.807) is 0 Å². The second-order valence-corrected chi connectivity index (χ2v) is 1.01. The van der Waals surface area contributed by atoms with Crippen LogP contribution in [0.5, 0.6) is 0 Å². The normalized spacial score (nSPS) is 11.2. The molecule has 44 valence electrons. The summed E-state index contributed by atoms with van der Waals surface area (Å²) in [6, 6.07) is 0. The monoisotopic (exact) mass is 340 g/mol. The second-order valence-electron chi connectivity index (χ2n) is 1.01. The maximum atomic E-state index is 9.28. The zero-order valence-corrected chi connectivity index (χ0v) is 8.42. The molecule has 0 heterocycles. The first-order chi connectivity index (χ1) is 3.31. The summed E-state index contributed by atoms with van der Waals surface area (Å²) < 4.78 is 4.02.